The second kappa shape index (κ2) is 6.69. The van der Waals surface area contributed by atoms with E-state index in [2.05, 4.69) is 48.4 Å². The number of halogens is 1. The first-order chi connectivity index (χ1) is 9.20. The van der Waals surface area contributed by atoms with Gasteiger partial charge in [-0.2, -0.15) is 0 Å². The minimum atomic E-state index is 0.271. The van der Waals surface area contributed by atoms with Crippen molar-refractivity contribution >= 4 is 11.6 Å². The van der Waals surface area contributed by atoms with Crippen LogP contribution in [0.5, 0.6) is 0 Å². The maximum Gasteiger partial charge on any atom is 0.0441 e. The Morgan fingerprint density at radius 2 is 1.95 bits per heavy atom. The smallest absolute Gasteiger partial charge is 0.0441 e. The zero-order valence-electron chi connectivity index (χ0n) is 11.4. The van der Waals surface area contributed by atoms with E-state index in [0.717, 1.165) is 18.0 Å². The molecule has 100 valence electrons. The SMILES string of the molecule is CCNC(Cc1ccc(C)cc1Cl)c1ccncc1. The summed E-state index contributed by atoms with van der Waals surface area (Å²) in [6, 6.07) is 10.6. The molecule has 0 fully saturated rings. The summed E-state index contributed by atoms with van der Waals surface area (Å²) in [5.74, 6) is 0. The third-order valence-electron chi connectivity index (χ3n) is 3.19. The first kappa shape index (κ1) is 14.0. The molecule has 0 spiro atoms. The second-order valence-corrected chi connectivity index (χ2v) is 5.10. The molecule has 1 atom stereocenters. The Morgan fingerprint density at radius 1 is 1.21 bits per heavy atom. The van der Waals surface area contributed by atoms with Crippen LogP contribution in [0.4, 0.5) is 0 Å². The lowest BCUT2D eigenvalue weighted by atomic mass is 9.99. The first-order valence-corrected chi connectivity index (χ1v) is 6.97. The van der Waals surface area contributed by atoms with Crippen molar-refractivity contribution in [3.8, 4) is 0 Å². The van der Waals surface area contributed by atoms with Gasteiger partial charge in [0.05, 0.1) is 0 Å². The van der Waals surface area contributed by atoms with Crippen molar-refractivity contribution in [3.63, 3.8) is 0 Å². The van der Waals surface area contributed by atoms with Crippen LogP contribution in [-0.2, 0) is 6.42 Å². The molecular formula is C16H19ClN2. The number of aromatic nitrogens is 1. The van der Waals surface area contributed by atoms with Gasteiger partial charge in [0.1, 0.15) is 0 Å². The van der Waals surface area contributed by atoms with E-state index < -0.39 is 0 Å². The van der Waals surface area contributed by atoms with Crippen LogP contribution in [0.2, 0.25) is 5.02 Å². The topological polar surface area (TPSA) is 24.9 Å². The highest BCUT2D eigenvalue weighted by atomic mass is 35.5. The number of likely N-dealkylation sites (N-methyl/N-ethyl adjacent to an activating group) is 1. The number of aryl methyl sites for hydroxylation is 1. The molecule has 1 unspecified atom stereocenters. The average Bonchev–Trinajstić information content (AvgIpc) is 2.42. The molecule has 2 aromatic rings. The number of rotatable bonds is 5. The number of benzene rings is 1. The summed E-state index contributed by atoms with van der Waals surface area (Å²) in [5, 5.41) is 4.35. The number of nitrogens with zero attached hydrogens (tertiary/aromatic N) is 1. The van der Waals surface area contributed by atoms with Crippen molar-refractivity contribution in [2.75, 3.05) is 6.54 Å². The Labute approximate surface area is 119 Å². The molecule has 1 N–H and O–H groups in total. The first-order valence-electron chi connectivity index (χ1n) is 6.59. The van der Waals surface area contributed by atoms with Crippen molar-refractivity contribution in [2.24, 2.45) is 0 Å². The van der Waals surface area contributed by atoms with Crippen LogP contribution in [0.1, 0.15) is 29.7 Å². The highest BCUT2D eigenvalue weighted by Crippen LogP contribution is 2.24. The predicted octanol–water partition coefficient (Wildman–Crippen LogP) is 3.94. The van der Waals surface area contributed by atoms with E-state index in [1.54, 1.807) is 0 Å². The third-order valence-corrected chi connectivity index (χ3v) is 3.54. The lowest BCUT2D eigenvalue weighted by molar-refractivity contribution is 0.549. The Kier molecular flexibility index (Phi) is 4.94. The van der Waals surface area contributed by atoms with Crippen LogP contribution in [0.25, 0.3) is 0 Å². The number of pyridine rings is 1. The van der Waals surface area contributed by atoms with Gasteiger partial charge in [-0.3, -0.25) is 4.98 Å². The Balaban J connectivity index is 2.21. The van der Waals surface area contributed by atoms with Gasteiger partial charge >= 0.3 is 0 Å². The molecule has 0 bridgehead atoms. The van der Waals surface area contributed by atoms with Gasteiger partial charge in [-0.25, -0.2) is 0 Å². The van der Waals surface area contributed by atoms with Crippen LogP contribution in [-0.4, -0.2) is 11.5 Å². The Bertz CT molecular complexity index is 526. The fourth-order valence-electron chi connectivity index (χ4n) is 2.19. The zero-order valence-corrected chi connectivity index (χ0v) is 12.1. The van der Waals surface area contributed by atoms with E-state index in [1.807, 2.05) is 18.5 Å². The van der Waals surface area contributed by atoms with Crippen LogP contribution < -0.4 is 5.32 Å². The monoisotopic (exact) mass is 274 g/mol. The lowest BCUT2D eigenvalue weighted by Crippen LogP contribution is -2.23. The van der Waals surface area contributed by atoms with Crippen molar-refractivity contribution in [3.05, 3.63) is 64.4 Å². The van der Waals surface area contributed by atoms with E-state index in [-0.39, 0.29) is 6.04 Å². The van der Waals surface area contributed by atoms with Gasteiger partial charge < -0.3 is 5.32 Å². The van der Waals surface area contributed by atoms with Crippen LogP contribution in [0.15, 0.2) is 42.7 Å². The molecule has 0 amide bonds. The average molecular weight is 275 g/mol. The molecule has 1 heterocycles. The van der Waals surface area contributed by atoms with Crippen molar-refractivity contribution in [1.29, 1.82) is 0 Å². The minimum Gasteiger partial charge on any atom is -0.310 e. The summed E-state index contributed by atoms with van der Waals surface area (Å²) >= 11 is 6.32. The third kappa shape index (κ3) is 3.79. The molecule has 2 nitrogen and oxygen atoms in total. The molecule has 19 heavy (non-hydrogen) atoms. The molecule has 3 heteroatoms. The quantitative estimate of drug-likeness (QED) is 0.893. The van der Waals surface area contributed by atoms with Crippen LogP contribution in [0.3, 0.4) is 0 Å². The molecular weight excluding hydrogens is 256 g/mol. The van der Waals surface area contributed by atoms with Gasteiger partial charge in [-0.1, -0.05) is 30.7 Å². The molecule has 0 radical (unpaired) electrons. The van der Waals surface area contributed by atoms with Gasteiger partial charge in [0, 0.05) is 23.5 Å². The molecule has 0 aliphatic carbocycles. The van der Waals surface area contributed by atoms with E-state index in [4.69, 9.17) is 11.6 Å². The maximum atomic E-state index is 6.32. The van der Waals surface area contributed by atoms with E-state index >= 15 is 0 Å². The standard InChI is InChI=1S/C16H19ClN2/c1-3-19-16(13-6-8-18-9-7-13)11-14-5-4-12(2)10-15(14)17/h4-10,16,19H,3,11H2,1-2H3. The molecule has 2 rings (SSSR count). The Morgan fingerprint density at radius 3 is 2.58 bits per heavy atom. The summed E-state index contributed by atoms with van der Waals surface area (Å²) in [4.78, 5) is 4.07. The van der Waals surface area contributed by atoms with Gasteiger partial charge in [-0.15, -0.1) is 0 Å². The minimum absolute atomic E-state index is 0.271. The van der Waals surface area contributed by atoms with Gasteiger partial charge in [-0.05, 0) is 54.8 Å². The molecule has 0 aliphatic rings. The summed E-state index contributed by atoms with van der Waals surface area (Å²) in [6.45, 7) is 5.10. The summed E-state index contributed by atoms with van der Waals surface area (Å²) < 4.78 is 0. The fraction of sp³-hybridized carbons (Fsp3) is 0.312. The molecule has 0 saturated carbocycles. The number of nitrogens with one attached hydrogen (secondary N) is 1. The van der Waals surface area contributed by atoms with E-state index in [0.29, 0.717) is 0 Å². The normalized spacial score (nSPS) is 12.4. The molecule has 0 saturated heterocycles. The number of hydrogen-bond donors (Lipinski definition) is 1. The zero-order chi connectivity index (χ0) is 13.7. The van der Waals surface area contributed by atoms with Gasteiger partial charge in [0.15, 0.2) is 0 Å². The molecule has 1 aromatic carbocycles. The summed E-state index contributed by atoms with van der Waals surface area (Å²) in [6.07, 6.45) is 4.55. The van der Waals surface area contributed by atoms with Crippen molar-refractivity contribution < 1.29 is 0 Å². The predicted molar refractivity (Wildman–Crippen MR) is 80.5 cm³/mol. The largest absolute Gasteiger partial charge is 0.310 e. The highest BCUT2D eigenvalue weighted by molar-refractivity contribution is 6.31. The van der Waals surface area contributed by atoms with Gasteiger partial charge in [0.2, 0.25) is 0 Å². The van der Waals surface area contributed by atoms with E-state index in [9.17, 15) is 0 Å². The van der Waals surface area contributed by atoms with Crippen molar-refractivity contribution in [1.82, 2.24) is 10.3 Å². The van der Waals surface area contributed by atoms with E-state index in [1.165, 1.54) is 16.7 Å². The summed E-state index contributed by atoms with van der Waals surface area (Å²) in [7, 11) is 0. The van der Waals surface area contributed by atoms with Crippen LogP contribution >= 0.6 is 11.6 Å². The molecule has 1 aromatic heterocycles. The van der Waals surface area contributed by atoms with Crippen LogP contribution in [0, 0.1) is 6.92 Å². The number of hydrogen-bond acceptors (Lipinski definition) is 2. The highest BCUT2D eigenvalue weighted by Gasteiger charge is 2.12. The fourth-order valence-corrected chi connectivity index (χ4v) is 2.50. The molecule has 0 aliphatic heterocycles. The van der Waals surface area contributed by atoms with Gasteiger partial charge in [0.25, 0.3) is 0 Å². The lowest BCUT2D eigenvalue weighted by Gasteiger charge is -2.19. The second-order valence-electron chi connectivity index (χ2n) is 4.69. The summed E-state index contributed by atoms with van der Waals surface area (Å²) in [5.41, 5.74) is 3.61. The Hall–Kier alpha value is -1.38. The maximum absolute atomic E-state index is 6.32. The van der Waals surface area contributed by atoms with Crippen molar-refractivity contribution in [2.45, 2.75) is 26.3 Å².